The molecule has 6 rings (SSSR count). The normalized spacial score (nSPS) is 17.2. The van der Waals surface area contributed by atoms with Crippen LogP contribution in [0.5, 0.6) is 0 Å². The Bertz CT molecular complexity index is 1930. The van der Waals surface area contributed by atoms with Gasteiger partial charge in [0.1, 0.15) is 16.9 Å². The van der Waals surface area contributed by atoms with Crippen LogP contribution in [0.3, 0.4) is 0 Å². The molecule has 44 heavy (non-hydrogen) atoms. The molecule has 10 nitrogen and oxygen atoms in total. The maximum Gasteiger partial charge on any atom is 0.246 e. The van der Waals surface area contributed by atoms with Crippen LogP contribution in [0.2, 0.25) is 5.02 Å². The lowest BCUT2D eigenvalue weighted by atomic mass is 9.94. The Morgan fingerprint density at radius 2 is 2.05 bits per heavy atom. The van der Waals surface area contributed by atoms with E-state index in [9.17, 15) is 10.1 Å². The van der Waals surface area contributed by atoms with Crippen molar-refractivity contribution in [1.29, 1.82) is 5.26 Å². The number of benzene rings is 2. The average Bonchev–Trinajstić information content (AvgIpc) is 3.64. The molecule has 1 fully saturated rings. The third-order valence-corrected chi connectivity index (χ3v) is 8.36. The second-order valence-electron chi connectivity index (χ2n) is 11.2. The van der Waals surface area contributed by atoms with Crippen molar-refractivity contribution in [2.45, 2.75) is 38.3 Å². The van der Waals surface area contributed by atoms with Gasteiger partial charge < -0.3 is 9.80 Å². The first-order chi connectivity index (χ1) is 21.3. The molecule has 2 aromatic carbocycles. The van der Waals surface area contributed by atoms with Crippen molar-refractivity contribution in [3.63, 3.8) is 0 Å². The molecule has 0 saturated carbocycles. The first-order valence-electron chi connectivity index (χ1n) is 14.4. The summed E-state index contributed by atoms with van der Waals surface area (Å²) in [5.74, 6) is 0.401. The number of hydrogen-bond acceptors (Lipinski definition) is 7. The Morgan fingerprint density at radius 1 is 1.25 bits per heavy atom. The number of likely N-dealkylation sites (N-methyl/N-ethyl adjacent to an activating group) is 1. The average molecular weight is 612 g/mol. The largest absolute Gasteiger partial charge is 0.335 e. The fraction of sp³-hybridized carbons (Fsp3) is 0.312. The summed E-state index contributed by atoms with van der Waals surface area (Å²) in [6.45, 7) is 2.91. The second kappa shape index (κ2) is 12.1. The summed E-state index contributed by atoms with van der Waals surface area (Å²) < 4.78 is 20.0. The van der Waals surface area contributed by atoms with E-state index in [1.165, 1.54) is 0 Å². The van der Waals surface area contributed by atoms with Gasteiger partial charge in [-0.2, -0.15) is 5.26 Å². The van der Waals surface area contributed by atoms with E-state index in [-0.39, 0.29) is 40.5 Å². The number of fused-ring (bicyclic) bond motifs is 3. The number of carbonyl (C=O) groups is 1. The van der Waals surface area contributed by atoms with Gasteiger partial charge in [0.25, 0.3) is 0 Å². The lowest BCUT2D eigenvalue weighted by molar-refractivity contribution is -0.130. The highest BCUT2D eigenvalue weighted by Crippen LogP contribution is 2.40. The Kier molecular flexibility index (Phi) is 8.12. The van der Waals surface area contributed by atoms with Crippen LogP contribution in [0.15, 0.2) is 60.9 Å². The number of hydrogen-bond donors (Lipinski definition) is 0. The third-order valence-electron chi connectivity index (χ3n) is 8.06. The smallest absolute Gasteiger partial charge is 0.246 e. The monoisotopic (exact) mass is 611 g/mol. The Balaban J connectivity index is 1.49. The first-order valence-corrected chi connectivity index (χ1v) is 14.8. The molecule has 2 atom stereocenters. The van der Waals surface area contributed by atoms with Crippen molar-refractivity contribution in [1.82, 2.24) is 39.3 Å². The molecule has 1 saturated heterocycles. The van der Waals surface area contributed by atoms with Gasteiger partial charge in [0.15, 0.2) is 17.2 Å². The Labute approximate surface area is 259 Å². The molecular formula is C32H31ClFN9O. The SMILES string of the molecule is Cc1nccn1-c1nc2c(F)c(-c3ccccc3)c(Cl)cc2c2c1nnn2[C@H]1CCN(C(=O)/C=C/CN(C)C)[C@H](CC#N)C1. The minimum Gasteiger partial charge on any atom is -0.335 e. The van der Waals surface area contributed by atoms with Crippen molar-refractivity contribution in [2.24, 2.45) is 0 Å². The highest BCUT2D eigenvalue weighted by molar-refractivity contribution is 6.34. The predicted octanol–water partition coefficient (Wildman–Crippen LogP) is 5.50. The van der Waals surface area contributed by atoms with E-state index < -0.39 is 5.82 Å². The molecule has 0 spiro atoms. The maximum atomic E-state index is 16.5. The van der Waals surface area contributed by atoms with Gasteiger partial charge in [-0.25, -0.2) is 19.0 Å². The van der Waals surface area contributed by atoms with Crippen LogP contribution in [-0.2, 0) is 4.79 Å². The number of aromatic nitrogens is 6. The number of likely N-dealkylation sites (tertiary alicyclic amines) is 1. The summed E-state index contributed by atoms with van der Waals surface area (Å²) in [6, 6.07) is 12.6. The summed E-state index contributed by atoms with van der Waals surface area (Å²) >= 11 is 6.77. The number of carbonyl (C=O) groups excluding carboxylic acids is 1. The zero-order valence-electron chi connectivity index (χ0n) is 24.7. The van der Waals surface area contributed by atoms with Crippen molar-refractivity contribution in [3.8, 4) is 23.0 Å². The van der Waals surface area contributed by atoms with Gasteiger partial charge in [0, 0.05) is 48.6 Å². The lowest BCUT2D eigenvalue weighted by Crippen LogP contribution is -2.46. The molecule has 0 aliphatic carbocycles. The van der Waals surface area contributed by atoms with E-state index in [0.29, 0.717) is 59.6 Å². The van der Waals surface area contributed by atoms with Crippen LogP contribution < -0.4 is 0 Å². The van der Waals surface area contributed by atoms with E-state index in [4.69, 9.17) is 16.6 Å². The second-order valence-corrected chi connectivity index (χ2v) is 11.6. The summed E-state index contributed by atoms with van der Waals surface area (Å²) in [7, 11) is 3.86. The minimum atomic E-state index is -0.542. The Morgan fingerprint density at radius 3 is 2.75 bits per heavy atom. The molecule has 1 aliphatic heterocycles. The number of amides is 1. The molecule has 0 N–H and O–H groups in total. The number of nitriles is 1. The fourth-order valence-electron chi connectivity index (χ4n) is 5.95. The number of piperidine rings is 1. The van der Waals surface area contributed by atoms with E-state index in [1.807, 2.05) is 62.3 Å². The zero-order valence-corrected chi connectivity index (χ0v) is 25.4. The van der Waals surface area contributed by atoms with Gasteiger partial charge in [0.05, 0.1) is 23.6 Å². The van der Waals surface area contributed by atoms with Crippen molar-refractivity contribution >= 4 is 39.4 Å². The highest BCUT2D eigenvalue weighted by atomic mass is 35.5. The first kappa shape index (κ1) is 29.4. The molecule has 0 radical (unpaired) electrons. The number of nitrogens with zero attached hydrogens (tertiary/aromatic N) is 9. The highest BCUT2D eigenvalue weighted by Gasteiger charge is 2.34. The quantitative estimate of drug-likeness (QED) is 0.224. The van der Waals surface area contributed by atoms with E-state index in [1.54, 1.807) is 38.7 Å². The van der Waals surface area contributed by atoms with Crippen molar-refractivity contribution in [3.05, 3.63) is 77.6 Å². The molecule has 224 valence electrons. The van der Waals surface area contributed by atoms with Crippen LogP contribution in [0.4, 0.5) is 4.39 Å². The molecule has 1 amide bonds. The van der Waals surface area contributed by atoms with E-state index >= 15 is 4.39 Å². The summed E-state index contributed by atoms with van der Waals surface area (Å²) in [4.78, 5) is 25.9. The third kappa shape index (κ3) is 5.31. The molecule has 12 heteroatoms. The topological polar surface area (TPSA) is 109 Å². The number of aryl methyl sites for hydroxylation is 1. The van der Waals surface area contributed by atoms with E-state index in [2.05, 4.69) is 21.4 Å². The molecular weight excluding hydrogens is 581 g/mol. The van der Waals surface area contributed by atoms with Crippen LogP contribution >= 0.6 is 11.6 Å². The van der Waals surface area contributed by atoms with Gasteiger partial charge in [-0.15, -0.1) is 5.10 Å². The molecule has 0 bridgehead atoms. The van der Waals surface area contributed by atoms with Gasteiger partial charge >= 0.3 is 0 Å². The van der Waals surface area contributed by atoms with Crippen LogP contribution in [0, 0.1) is 24.1 Å². The standard InChI is InChI=1S/C32H31ClFN9O/c1-20-36-14-17-41(20)32-30-31(24-19-25(33)27(28(34)29(24)37-32)21-8-5-4-6-9-21)43(39-38-30)23-12-16-42(22(18-23)11-13-35)26(44)10-7-15-40(2)3/h4-10,14,17,19,22-23H,11-12,15-16,18H2,1-3H3/b10-7+/t22-,23+/m1/s1. The summed E-state index contributed by atoms with van der Waals surface area (Å²) in [6.07, 6.45) is 8.05. The number of halogens is 2. The van der Waals surface area contributed by atoms with Gasteiger partial charge in [-0.1, -0.05) is 53.2 Å². The van der Waals surface area contributed by atoms with Crippen molar-refractivity contribution < 1.29 is 9.18 Å². The lowest BCUT2D eigenvalue weighted by Gasteiger charge is -2.38. The molecule has 0 unspecified atom stereocenters. The number of rotatable bonds is 7. The van der Waals surface area contributed by atoms with Crippen LogP contribution in [0.25, 0.3) is 38.9 Å². The molecule has 4 heterocycles. The Hall–Kier alpha value is -4.66. The van der Waals surface area contributed by atoms with Gasteiger partial charge in [-0.05, 0) is 45.5 Å². The predicted molar refractivity (Wildman–Crippen MR) is 167 cm³/mol. The molecule has 1 aliphatic rings. The fourth-order valence-corrected chi connectivity index (χ4v) is 6.25. The van der Waals surface area contributed by atoms with Gasteiger partial charge in [-0.3, -0.25) is 9.36 Å². The number of imidazole rings is 1. The van der Waals surface area contributed by atoms with Crippen LogP contribution in [0.1, 0.15) is 31.1 Å². The van der Waals surface area contributed by atoms with E-state index in [0.717, 1.165) is 0 Å². The summed E-state index contributed by atoms with van der Waals surface area (Å²) in [5, 5.41) is 19.5. The zero-order chi connectivity index (χ0) is 31.0. The molecule has 3 aromatic heterocycles. The van der Waals surface area contributed by atoms with Gasteiger partial charge in [0.2, 0.25) is 5.91 Å². The summed E-state index contributed by atoms with van der Waals surface area (Å²) in [5.41, 5.74) is 2.11. The maximum absolute atomic E-state index is 16.5. The van der Waals surface area contributed by atoms with Crippen LogP contribution in [-0.4, -0.2) is 78.5 Å². The number of pyridine rings is 1. The minimum absolute atomic E-state index is 0.121. The molecule has 5 aromatic rings. The van der Waals surface area contributed by atoms with Crippen molar-refractivity contribution in [2.75, 3.05) is 27.2 Å².